The predicted molar refractivity (Wildman–Crippen MR) is 108 cm³/mol. The van der Waals surface area contributed by atoms with Crippen LogP contribution in [0.15, 0.2) is 42.7 Å². The topological polar surface area (TPSA) is 93.0 Å². The molecule has 1 heterocycles. The molecule has 1 aromatic heterocycles. The lowest BCUT2D eigenvalue weighted by Crippen LogP contribution is -2.06. The van der Waals surface area contributed by atoms with Crippen molar-refractivity contribution >= 4 is 63.5 Å². The van der Waals surface area contributed by atoms with Crippen LogP contribution in [0.2, 0.25) is 15.1 Å². The molecule has 0 amide bonds. The molecule has 0 fully saturated rings. The van der Waals surface area contributed by atoms with Crippen LogP contribution < -0.4 is 10.6 Å². The Morgan fingerprint density at radius 3 is 2.15 bits per heavy atom. The van der Waals surface area contributed by atoms with Crippen LogP contribution in [-0.2, 0) is 0 Å². The normalized spacial score (nSPS) is 10.5. The van der Waals surface area contributed by atoms with Gasteiger partial charge in [0.05, 0.1) is 15.6 Å². The second-order valence-electron chi connectivity index (χ2n) is 5.51. The quantitative estimate of drug-likeness (QED) is 0.377. The van der Waals surface area contributed by atoms with Gasteiger partial charge in [-0.05, 0) is 42.8 Å². The molecule has 7 nitrogen and oxygen atoms in total. The minimum absolute atomic E-state index is 0.0126. The Labute approximate surface area is 169 Å². The zero-order chi connectivity index (χ0) is 19.6. The Balaban J connectivity index is 2.02. The van der Waals surface area contributed by atoms with Crippen LogP contribution in [0.1, 0.15) is 5.56 Å². The second kappa shape index (κ2) is 7.96. The van der Waals surface area contributed by atoms with Crippen molar-refractivity contribution < 1.29 is 4.92 Å². The van der Waals surface area contributed by atoms with E-state index >= 15 is 0 Å². The van der Waals surface area contributed by atoms with Gasteiger partial charge in [0.2, 0.25) is 11.6 Å². The molecule has 0 unspecified atom stereocenters. The maximum atomic E-state index is 11.7. The summed E-state index contributed by atoms with van der Waals surface area (Å²) in [6.45, 7) is 1.85. The van der Waals surface area contributed by atoms with Gasteiger partial charge in [-0.15, -0.1) is 0 Å². The average molecular weight is 425 g/mol. The molecule has 0 aliphatic rings. The number of nitro groups is 1. The zero-order valence-corrected chi connectivity index (χ0v) is 16.1. The maximum absolute atomic E-state index is 11.7. The molecule has 0 atom stereocenters. The molecule has 0 aliphatic heterocycles. The molecule has 10 heteroatoms. The summed E-state index contributed by atoms with van der Waals surface area (Å²) < 4.78 is 0. The number of halogens is 3. The van der Waals surface area contributed by atoms with E-state index in [9.17, 15) is 10.1 Å². The molecule has 2 aromatic carbocycles. The third-order valence-electron chi connectivity index (χ3n) is 3.64. The molecule has 3 aromatic rings. The van der Waals surface area contributed by atoms with E-state index in [-0.39, 0.29) is 17.3 Å². The molecule has 0 aliphatic carbocycles. The molecule has 3 rings (SSSR count). The number of aromatic nitrogens is 2. The Morgan fingerprint density at radius 2 is 1.52 bits per heavy atom. The summed E-state index contributed by atoms with van der Waals surface area (Å²) in [5, 5.41) is 18.7. The lowest BCUT2D eigenvalue weighted by atomic mass is 10.2. The molecule has 2 N–H and O–H groups in total. The van der Waals surface area contributed by atoms with Crippen molar-refractivity contribution in [2.45, 2.75) is 6.92 Å². The highest BCUT2D eigenvalue weighted by molar-refractivity contribution is 6.36. The number of aryl methyl sites for hydroxylation is 1. The first-order valence-corrected chi connectivity index (χ1v) is 8.73. The minimum atomic E-state index is -0.575. The Hall–Kier alpha value is -2.61. The number of hydrogen-bond donors (Lipinski definition) is 2. The minimum Gasteiger partial charge on any atom is -0.334 e. The van der Waals surface area contributed by atoms with Gasteiger partial charge in [0.25, 0.3) is 0 Å². The van der Waals surface area contributed by atoms with Gasteiger partial charge >= 0.3 is 5.69 Å². The van der Waals surface area contributed by atoms with Crippen LogP contribution in [0.5, 0.6) is 0 Å². The van der Waals surface area contributed by atoms with Gasteiger partial charge in [0.1, 0.15) is 6.33 Å². The number of anilines is 4. The summed E-state index contributed by atoms with van der Waals surface area (Å²) in [6, 6.07) is 9.91. The first-order valence-electron chi connectivity index (χ1n) is 7.60. The van der Waals surface area contributed by atoms with Crippen LogP contribution in [0.25, 0.3) is 0 Å². The first kappa shape index (κ1) is 19.2. The first-order chi connectivity index (χ1) is 12.8. The summed E-state index contributed by atoms with van der Waals surface area (Å²) in [5.41, 5.74) is 1.54. The fraction of sp³-hybridized carbons (Fsp3) is 0.0588. The van der Waals surface area contributed by atoms with Crippen molar-refractivity contribution in [1.29, 1.82) is 0 Å². The standard InChI is InChI=1S/C17H12Cl3N5O2/c1-9-2-3-11(19)7-14(9)24-17-15(25(26)27)16(21-8-22-17)23-13-5-4-10(18)6-12(13)20/h2-8H,1H3,(H2,21,22,23,24). The summed E-state index contributed by atoms with van der Waals surface area (Å²) in [7, 11) is 0. The van der Waals surface area contributed by atoms with E-state index in [1.165, 1.54) is 12.4 Å². The van der Waals surface area contributed by atoms with Crippen molar-refractivity contribution in [3.63, 3.8) is 0 Å². The van der Waals surface area contributed by atoms with E-state index in [2.05, 4.69) is 20.6 Å². The molecular formula is C17H12Cl3N5O2. The highest BCUT2D eigenvalue weighted by Crippen LogP contribution is 2.36. The monoisotopic (exact) mass is 423 g/mol. The number of nitrogens with zero attached hydrogens (tertiary/aromatic N) is 3. The van der Waals surface area contributed by atoms with E-state index in [1.54, 1.807) is 30.3 Å². The van der Waals surface area contributed by atoms with Crippen LogP contribution in [-0.4, -0.2) is 14.9 Å². The van der Waals surface area contributed by atoms with Crippen molar-refractivity contribution in [2.75, 3.05) is 10.6 Å². The molecule has 0 saturated heterocycles. The molecular weight excluding hydrogens is 413 g/mol. The van der Waals surface area contributed by atoms with Crippen LogP contribution >= 0.6 is 34.8 Å². The summed E-state index contributed by atoms with van der Waals surface area (Å²) in [5.74, 6) is 0.00866. The molecule has 0 radical (unpaired) electrons. The third-order valence-corrected chi connectivity index (χ3v) is 4.42. The predicted octanol–water partition coefficient (Wildman–Crippen LogP) is 6.14. The van der Waals surface area contributed by atoms with Crippen LogP contribution in [0, 0.1) is 17.0 Å². The largest absolute Gasteiger partial charge is 0.353 e. The van der Waals surface area contributed by atoms with Gasteiger partial charge in [0, 0.05) is 15.7 Å². The van der Waals surface area contributed by atoms with E-state index in [0.717, 1.165) is 5.56 Å². The fourth-order valence-electron chi connectivity index (χ4n) is 2.31. The summed E-state index contributed by atoms with van der Waals surface area (Å²) >= 11 is 18.0. The lowest BCUT2D eigenvalue weighted by molar-refractivity contribution is -0.383. The van der Waals surface area contributed by atoms with Gasteiger partial charge in [-0.1, -0.05) is 40.9 Å². The molecule has 138 valence electrons. The van der Waals surface area contributed by atoms with Crippen molar-refractivity contribution in [3.05, 3.63) is 73.5 Å². The number of benzene rings is 2. The van der Waals surface area contributed by atoms with Crippen molar-refractivity contribution in [2.24, 2.45) is 0 Å². The van der Waals surface area contributed by atoms with Gasteiger partial charge in [-0.2, -0.15) is 0 Å². The van der Waals surface area contributed by atoms with E-state index < -0.39 is 4.92 Å². The SMILES string of the molecule is Cc1ccc(Cl)cc1Nc1ncnc(Nc2ccc(Cl)cc2Cl)c1[N+](=O)[O-]. The average Bonchev–Trinajstić information content (AvgIpc) is 2.60. The van der Waals surface area contributed by atoms with E-state index in [0.29, 0.717) is 26.4 Å². The number of nitrogens with one attached hydrogen (secondary N) is 2. The molecule has 0 spiro atoms. The van der Waals surface area contributed by atoms with E-state index in [4.69, 9.17) is 34.8 Å². The summed E-state index contributed by atoms with van der Waals surface area (Å²) in [6.07, 6.45) is 1.21. The second-order valence-corrected chi connectivity index (χ2v) is 6.79. The number of hydrogen-bond acceptors (Lipinski definition) is 6. The van der Waals surface area contributed by atoms with Gasteiger partial charge < -0.3 is 10.6 Å². The Kier molecular flexibility index (Phi) is 5.65. The zero-order valence-electron chi connectivity index (χ0n) is 13.8. The molecule has 27 heavy (non-hydrogen) atoms. The van der Waals surface area contributed by atoms with Gasteiger partial charge in [-0.3, -0.25) is 10.1 Å². The Morgan fingerprint density at radius 1 is 0.926 bits per heavy atom. The molecule has 0 saturated carbocycles. The van der Waals surface area contributed by atoms with Crippen molar-refractivity contribution in [1.82, 2.24) is 9.97 Å². The van der Waals surface area contributed by atoms with E-state index in [1.807, 2.05) is 6.92 Å². The Bertz CT molecular complexity index is 1030. The molecule has 0 bridgehead atoms. The maximum Gasteiger partial charge on any atom is 0.353 e. The van der Waals surface area contributed by atoms with Crippen LogP contribution in [0.3, 0.4) is 0 Å². The lowest BCUT2D eigenvalue weighted by Gasteiger charge is -2.12. The van der Waals surface area contributed by atoms with Gasteiger partial charge in [-0.25, -0.2) is 9.97 Å². The third kappa shape index (κ3) is 4.39. The van der Waals surface area contributed by atoms with Crippen molar-refractivity contribution in [3.8, 4) is 0 Å². The number of rotatable bonds is 5. The van der Waals surface area contributed by atoms with Crippen LogP contribution in [0.4, 0.5) is 28.7 Å². The smallest absolute Gasteiger partial charge is 0.334 e. The highest BCUT2D eigenvalue weighted by Gasteiger charge is 2.24. The highest BCUT2D eigenvalue weighted by atomic mass is 35.5. The fourth-order valence-corrected chi connectivity index (χ4v) is 2.94. The summed E-state index contributed by atoms with van der Waals surface area (Å²) in [4.78, 5) is 19.1. The van der Waals surface area contributed by atoms with Gasteiger partial charge in [0.15, 0.2) is 0 Å².